The molecule has 0 fully saturated rings. The molecule has 0 spiro atoms. The van der Waals surface area contributed by atoms with Crippen LogP contribution in [0.3, 0.4) is 0 Å². The maximum atomic E-state index is 11.8. The van der Waals surface area contributed by atoms with Crippen LogP contribution in [0.2, 0.25) is 5.02 Å². The van der Waals surface area contributed by atoms with Crippen LogP contribution in [0.5, 0.6) is 5.88 Å². The van der Waals surface area contributed by atoms with E-state index in [9.17, 15) is 9.59 Å². The second-order valence-corrected chi connectivity index (χ2v) is 5.90. The Balaban J connectivity index is 2.04. The van der Waals surface area contributed by atoms with Crippen molar-refractivity contribution in [2.45, 2.75) is 25.7 Å². The standard InChI is InChI=1S/C17H21ClN4O4/c1-22(12-7-6-9-19-11-12)15-14(18)16(24)20-21-17(15)26-10-5-3-4-8-13(23)25-2/h6-7,9,11H,3-5,8,10H2,1-2H3,(H,20,24). The van der Waals surface area contributed by atoms with Gasteiger partial charge < -0.3 is 14.4 Å². The van der Waals surface area contributed by atoms with Crippen LogP contribution in [-0.4, -0.2) is 41.9 Å². The van der Waals surface area contributed by atoms with Gasteiger partial charge in [-0.1, -0.05) is 11.6 Å². The van der Waals surface area contributed by atoms with Gasteiger partial charge in [0.1, 0.15) is 10.7 Å². The van der Waals surface area contributed by atoms with Gasteiger partial charge in [0.05, 0.1) is 25.6 Å². The average Bonchev–Trinajstić information content (AvgIpc) is 2.67. The lowest BCUT2D eigenvalue weighted by Crippen LogP contribution is -2.19. The lowest BCUT2D eigenvalue weighted by molar-refractivity contribution is -0.140. The minimum Gasteiger partial charge on any atom is -0.475 e. The first kappa shape index (κ1) is 19.7. The minimum absolute atomic E-state index is 0.00737. The number of esters is 1. The van der Waals surface area contributed by atoms with Crippen molar-refractivity contribution < 1.29 is 14.3 Å². The van der Waals surface area contributed by atoms with Crippen molar-refractivity contribution in [3.63, 3.8) is 0 Å². The van der Waals surface area contributed by atoms with E-state index < -0.39 is 5.56 Å². The summed E-state index contributed by atoms with van der Waals surface area (Å²) in [6.45, 7) is 0.379. The van der Waals surface area contributed by atoms with E-state index in [0.717, 1.165) is 24.9 Å². The number of carbonyl (C=O) groups excluding carboxylic acids is 1. The van der Waals surface area contributed by atoms with Crippen molar-refractivity contribution in [3.8, 4) is 5.88 Å². The third-order valence-electron chi connectivity index (χ3n) is 3.73. The van der Waals surface area contributed by atoms with Gasteiger partial charge >= 0.3 is 5.97 Å². The SMILES string of the molecule is COC(=O)CCCCCOc1n[nH]c(=O)c(Cl)c1N(C)c1cccnc1. The summed E-state index contributed by atoms with van der Waals surface area (Å²) >= 11 is 6.18. The van der Waals surface area contributed by atoms with Crippen LogP contribution >= 0.6 is 11.6 Å². The number of ether oxygens (including phenoxy) is 2. The predicted molar refractivity (Wildman–Crippen MR) is 98.1 cm³/mol. The number of halogens is 1. The van der Waals surface area contributed by atoms with Gasteiger partial charge in [0.25, 0.3) is 11.4 Å². The Bertz CT molecular complexity index is 782. The predicted octanol–water partition coefficient (Wildman–Crippen LogP) is 2.70. The molecule has 0 aliphatic heterocycles. The van der Waals surface area contributed by atoms with Crippen molar-refractivity contribution in [1.82, 2.24) is 15.2 Å². The lowest BCUT2D eigenvalue weighted by Gasteiger charge is -2.21. The zero-order chi connectivity index (χ0) is 18.9. The van der Waals surface area contributed by atoms with Gasteiger partial charge in [0.2, 0.25) is 0 Å². The van der Waals surface area contributed by atoms with Gasteiger partial charge in [-0.2, -0.15) is 0 Å². The van der Waals surface area contributed by atoms with Gasteiger partial charge in [0.15, 0.2) is 0 Å². The molecular formula is C17H21ClN4O4. The van der Waals surface area contributed by atoms with Crippen molar-refractivity contribution in [3.05, 3.63) is 39.9 Å². The molecule has 0 bridgehead atoms. The Kier molecular flexibility index (Phi) is 7.40. The van der Waals surface area contributed by atoms with Crippen molar-refractivity contribution in [1.29, 1.82) is 0 Å². The third kappa shape index (κ3) is 5.19. The first-order chi connectivity index (χ1) is 12.5. The van der Waals surface area contributed by atoms with E-state index in [-0.39, 0.29) is 16.9 Å². The summed E-state index contributed by atoms with van der Waals surface area (Å²) in [5, 5.41) is 6.28. The van der Waals surface area contributed by atoms with E-state index in [1.807, 2.05) is 6.07 Å². The summed E-state index contributed by atoms with van der Waals surface area (Å²) < 4.78 is 10.3. The number of aromatic amines is 1. The van der Waals surface area contributed by atoms with Gasteiger partial charge in [-0.25, -0.2) is 5.10 Å². The number of aromatic nitrogens is 3. The fourth-order valence-electron chi connectivity index (χ4n) is 2.30. The molecule has 0 amide bonds. The Morgan fingerprint density at radius 3 is 2.85 bits per heavy atom. The molecule has 2 heterocycles. The number of carbonyl (C=O) groups is 1. The number of anilines is 2. The highest BCUT2D eigenvalue weighted by Crippen LogP contribution is 2.34. The van der Waals surface area contributed by atoms with E-state index in [2.05, 4.69) is 19.9 Å². The van der Waals surface area contributed by atoms with E-state index in [0.29, 0.717) is 18.7 Å². The van der Waals surface area contributed by atoms with E-state index in [1.165, 1.54) is 7.11 Å². The zero-order valence-electron chi connectivity index (χ0n) is 14.7. The molecule has 0 unspecified atom stereocenters. The van der Waals surface area contributed by atoms with Gasteiger partial charge in [-0.15, -0.1) is 5.10 Å². The highest BCUT2D eigenvalue weighted by atomic mass is 35.5. The number of H-pyrrole nitrogens is 1. The smallest absolute Gasteiger partial charge is 0.305 e. The molecule has 0 atom stereocenters. The van der Waals surface area contributed by atoms with Crippen molar-refractivity contribution >= 4 is 28.9 Å². The Hall–Kier alpha value is -2.61. The first-order valence-corrected chi connectivity index (χ1v) is 8.54. The molecule has 9 heteroatoms. The van der Waals surface area contributed by atoms with Gasteiger partial charge in [0, 0.05) is 19.7 Å². The zero-order valence-corrected chi connectivity index (χ0v) is 15.5. The summed E-state index contributed by atoms with van der Waals surface area (Å²) in [5.41, 5.74) is 0.616. The molecular weight excluding hydrogens is 360 g/mol. The Morgan fingerprint density at radius 1 is 1.35 bits per heavy atom. The minimum atomic E-state index is -0.497. The number of hydrogen-bond donors (Lipinski definition) is 1. The van der Waals surface area contributed by atoms with E-state index in [4.69, 9.17) is 16.3 Å². The fourth-order valence-corrected chi connectivity index (χ4v) is 2.55. The summed E-state index contributed by atoms with van der Waals surface area (Å²) in [6.07, 6.45) is 5.94. The number of nitrogens with one attached hydrogen (secondary N) is 1. The second kappa shape index (κ2) is 9.76. The van der Waals surface area contributed by atoms with E-state index in [1.54, 1.807) is 30.4 Å². The molecule has 0 aliphatic carbocycles. The molecule has 0 saturated heterocycles. The quantitative estimate of drug-likeness (QED) is 0.527. The molecule has 0 aliphatic rings. The van der Waals surface area contributed by atoms with Crippen LogP contribution in [-0.2, 0) is 9.53 Å². The molecule has 26 heavy (non-hydrogen) atoms. The molecule has 1 N–H and O–H groups in total. The number of pyridine rings is 1. The number of rotatable bonds is 9. The van der Waals surface area contributed by atoms with Crippen LogP contribution in [0.1, 0.15) is 25.7 Å². The molecule has 0 saturated carbocycles. The molecule has 140 valence electrons. The second-order valence-electron chi connectivity index (χ2n) is 5.53. The maximum absolute atomic E-state index is 11.8. The normalized spacial score (nSPS) is 10.4. The van der Waals surface area contributed by atoms with Crippen LogP contribution in [0.15, 0.2) is 29.3 Å². The Labute approximate surface area is 156 Å². The third-order valence-corrected chi connectivity index (χ3v) is 4.08. The molecule has 8 nitrogen and oxygen atoms in total. The lowest BCUT2D eigenvalue weighted by atomic mass is 10.2. The van der Waals surface area contributed by atoms with Crippen LogP contribution in [0.4, 0.5) is 11.4 Å². The molecule has 2 rings (SSSR count). The first-order valence-electron chi connectivity index (χ1n) is 8.16. The number of nitrogens with zero attached hydrogens (tertiary/aromatic N) is 3. The van der Waals surface area contributed by atoms with Gasteiger partial charge in [-0.3, -0.25) is 14.6 Å². The number of methoxy groups -OCH3 is 1. The summed E-state index contributed by atoms with van der Waals surface area (Å²) in [7, 11) is 3.12. The van der Waals surface area contributed by atoms with Crippen LogP contribution in [0.25, 0.3) is 0 Å². The van der Waals surface area contributed by atoms with Crippen molar-refractivity contribution in [2.24, 2.45) is 0 Å². The van der Waals surface area contributed by atoms with Crippen LogP contribution in [0, 0.1) is 0 Å². The monoisotopic (exact) mass is 380 g/mol. The Morgan fingerprint density at radius 2 is 2.15 bits per heavy atom. The molecule has 2 aromatic heterocycles. The van der Waals surface area contributed by atoms with Gasteiger partial charge in [-0.05, 0) is 31.4 Å². The highest BCUT2D eigenvalue weighted by Gasteiger charge is 2.19. The maximum Gasteiger partial charge on any atom is 0.305 e. The number of unbranched alkanes of at least 4 members (excludes halogenated alkanes) is 2. The highest BCUT2D eigenvalue weighted by molar-refractivity contribution is 6.33. The summed E-state index contributed by atoms with van der Waals surface area (Å²) in [4.78, 5) is 28.7. The van der Waals surface area contributed by atoms with Crippen molar-refractivity contribution in [2.75, 3.05) is 25.7 Å². The fraction of sp³-hybridized carbons (Fsp3) is 0.412. The average molecular weight is 381 g/mol. The summed E-state index contributed by atoms with van der Waals surface area (Å²) in [5.74, 6) is 0.00861. The molecule has 0 radical (unpaired) electrons. The number of hydrogen-bond acceptors (Lipinski definition) is 7. The molecule has 2 aromatic rings. The largest absolute Gasteiger partial charge is 0.475 e. The van der Waals surface area contributed by atoms with E-state index >= 15 is 0 Å². The topological polar surface area (TPSA) is 97.4 Å². The molecule has 0 aromatic carbocycles. The van der Waals surface area contributed by atoms with Crippen LogP contribution < -0.4 is 15.2 Å². The summed E-state index contributed by atoms with van der Waals surface area (Å²) in [6, 6.07) is 3.61.